The molecule has 186 valence electrons. The molecule has 0 fully saturated rings. The Morgan fingerprint density at radius 1 is 0.355 bits per heavy atom. The molecule has 0 bridgehead atoms. The van der Waals surface area contributed by atoms with E-state index in [4.69, 9.17) is 0 Å². The van der Waals surface area contributed by atoms with Crippen molar-refractivity contribution in [3.05, 3.63) is 11.3 Å². The maximum atomic E-state index is 10.7. The van der Waals surface area contributed by atoms with Crippen LogP contribution in [-0.2, 0) is 0 Å². The molecular formula is C30H60O. The van der Waals surface area contributed by atoms with Crippen LogP contribution in [0.25, 0.3) is 0 Å². The third-order valence-corrected chi connectivity index (χ3v) is 6.84. The quantitative estimate of drug-likeness (QED) is 0.111. The normalized spacial score (nSPS) is 12.4. The first-order valence-corrected chi connectivity index (χ1v) is 14.7. The highest BCUT2D eigenvalue weighted by Crippen LogP contribution is 2.23. The van der Waals surface area contributed by atoms with Gasteiger partial charge in [-0.1, -0.05) is 143 Å². The van der Waals surface area contributed by atoms with Crippen LogP contribution in [0, 0.1) is 0 Å². The Bertz CT molecular complexity index is 371. The van der Waals surface area contributed by atoms with Crippen LogP contribution in [0.5, 0.6) is 0 Å². The molecule has 0 atom stereocenters. The molecule has 0 aromatic heterocycles. The summed E-state index contributed by atoms with van der Waals surface area (Å²) in [6.07, 6.45) is 33.2. The second-order valence-electron chi connectivity index (χ2n) is 10.0. The number of hydrogen-bond donors (Lipinski definition) is 1. The van der Waals surface area contributed by atoms with Crippen LogP contribution in [0.3, 0.4) is 0 Å². The van der Waals surface area contributed by atoms with Crippen LogP contribution in [-0.4, -0.2) is 5.11 Å². The van der Waals surface area contributed by atoms with Gasteiger partial charge in [-0.3, -0.25) is 0 Å². The topological polar surface area (TPSA) is 20.2 Å². The zero-order valence-electron chi connectivity index (χ0n) is 22.1. The van der Waals surface area contributed by atoms with Gasteiger partial charge in [-0.25, -0.2) is 0 Å². The van der Waals surface area contributed by atoms with Gasteiger partial charge in [0.1, 0.15) is 0 Å². The third kappa shape index (κ3) is 22.5. The Morgan fingerprint density at radius 2 is 0.645 bits per heavy atom. The fourth-order valence-corrected chi connectivity index (χ4v) is 4.59. The maximum Gasteiger partial charge on any atom is 0.0914 e. The number of rotatable bonds is 25. The van der Waals surface area contributed by atoms with E-state index in [2.05, 4.69) is 20.8 Å². The molecule has 0 aromatic rings. The zero-order valence-corrected chi connectivity index (χ0v) is 22.1. The molecule has 0 amide bonds. The monoisotopic (exact) mass is 436 g/mol. The van der Waals surface area contributed by atoms with E-state index in [1.807, 2.05) is 0 Å². The van der Waals surface area contributed by atoms with Gasteiger partial charge in [-0.2, -0.15) is 0 Å². The average molecular weight is 437 g/mol. The highest BCUT2D eigenvalue weighted by molar-refractivity contribution is 5.07. The van der Waals surface area contributed by atoms with Crippen molar-refractivity contribution in [3.63, 3.8) is 0 Å². The summed E-state index contributed by atoms with van der Waals surface area (Å²) < 4.78 is 0. The highest BCUT2D eigenvalue weighted by Gasteiger charge is 2.06. The largest absolute Gasteiger partial charge is 0.512 e. The van der Waals surface area contributed by atoms with Crippen molar-refractivity contribution >= 4 is 0 Å². The van der Waals surface area contributed by atoms with Crippen molar-refractivity contribution in [2.45, 2.75) is 181 Å². The molecular weight excluding hydrogens is 376 g/mol. The molecule has 0 aliphatic carbocycles. The van der Waals surface area contributed by atoms with E-state index in [-0.39, 0.29) is 0 Å². The Morgan fingerprint density at radius 3 is 1.03 bits per heavy atom. The Labute approximate surface area is 197 Å². The summed E-state index contributed by atoms with van der Waals surface area (Å²) in [5.74, 6) is 0.754. The summed E-state index contributed by atoms with van der Waals surface area (Å²) in [6.45, 7) is 6.84. The average Bonchev–Trinajstić information content (AvgIpc) is 2.78. The number of hydrogen-bond acceptors (Lipinski definition) is 1. The Kier molecular flexibility index (Phi) is 25.4. The van der Waals surface area contributed by atoms with Crippen molar-refractivity contribution < 1.29 is 5.11 Å². The van der Waals surface area contributed by atoms with Crippen molar-refractivity contribution in [1.82, 2.24) is 0 Å². The molecule has 0 saturated carbocycles. The summed E-state index contributed by atoms with van der Waals surface area (Å²) in [4.78, 5) is 0. The van der Waals surface area contributed by atoms with E-state index >= 15 is 0 Å². The first-order valence-electron chi connectivity index (χ1n) is 14.7. The van der Waals surface area contributed by atoms with Gasteiger partial charge in [-0.05, 0) is 37.7 Å². The minimum atomic E-state index is 0.754. The number of allylic oxidation sites excluding steroid dienone is 2. The Balaban J connectivity index is 3.82. The third-order valence-electron chi connectivity index (χ3n) is 6.84. The lowest BCUT2D eigenvalue weighted by atomic mass is 9.97. The van der Waals surface area contributed by atoms with E-state index in [1.54, 1.807) is 0 Å². The van der Waals surface area contributed by atoms with Crippen LogP contribution in [0.1, 0.15) is 181 Å². The molecule has 1 N–H and O–H groups in total. The van der Waals surface area contributed by atoms with Crippen LogP contribution in [0.15, 0.2) is 11.3 Å². The molecule has 0 unspecified atom stereocenters. The molecule has 1 heteroatoms. The van der Waals surface area contributed by atoms with Gasteiger partial charge in [0.2, 0.25) is 0 Å². The fraction of sp³-hybridized carbons (Fsp3) is 0.933. The Hall–Kier alpha value is -0.460. The van der Waals surface area contributed by atoms with Gasteiger partial charge in [0.25, 0.3) is 0 Å². The summed E-state index contributed by atoms with van der Waals surface area (Å²) in [5, 5.41) is 10.7. The van der Waals surface area contributed by atoms with E-state index in [0.29, 0.717) is 0 Å². The van der Waals surface area contributed by atoms with Crippen LogP contribution in [0.4, 0.5) is 0 Å². The second-order valence-corrected chi connectivity index (χ2v) is 10.0. The van der Waals surface area contributed by atoms with Crippen molar-refractivity contribution in [2.75, 3.05) is 0 Å². The van der Waals surface area contributed by atoms with Crippen molar-refractivity contribution in [3.8, 4) is 0 Å². The standard InChI is InChI=1S/C30H60O/c1-4-7-10-12-14-16-18-20-22-24-27-29(26-9-6-3)30(31)28-25-23-21-19-17-15-13-11-8-5-2/h31H,4-28H2,1-3H3. The number of aliphatic hydroxyl groups excluding tert-OH is 1. The van der Waals surface area contributed by atoms with Gasteiger partial charge >= 0.3 is 0 Å². The summed E-state index contributed by atoms with van der Waals surface area (Å²) in [5.41, 5.74) is 1.39. The molecule has 0 aliphatic rings. The molecule has 0 saturated heterocycles. The maximum absolute atomic E-state index is 10.7. The lowest BCUT2D eigenvalue weighted by molar-refractivity contribution is 0.365. The van der Waals surface area contributed by atoms with E-state index in [9.17, 15) is 5.11 Å². The molecule has 1 nitrogen and oxygen atoms in total. The van der Waals surface area contributed by atoms with Crippen molar-refractivity contribution in [2.24, 2.45) is 0 Å². The van der Waals surface area contributed by atoms with Crippen LogP contribution in [0.2, 0.25) is 0 Å². The predicted octanol–water partition coefficient (Wildman–Crippen LogP) is 11.6. The summed E-state index contributed by atoms with van der Waals surface area (Å²) >= 11 is 0. The minimum absolute atomic E-state index is 0.754. The van der Waals surface area contributed by atoms with Gasteiger partial charge in [0.15, 0.2) is 0 Å². The fourth-order valence-electron chi connectivity index (χ4n) is 4.59. The smallest absolute Gasteiger partial charge is 0.0914 e. The molecule has 31 heavy (non-hydrogen) atoms. The van der Waals surface area contributed by atoms with E-state index in [0.717, 1.165) is 25.0 Å². The van der Waals surface area contributed by atoms with Gasteiger partial charge < -0.3 is 5.11 Å². The first kappa shape index (κ1) is 30.5. The van der Waals surface area contributed by atoms with Crippen LogP contribution >= 0.6 is 0 Å². The summed E-state index contributed by atoms with van der Waals surface area (Å²) in [7, 11) is 0. The van der Waals surface area contributed by atoms with Crippen LogP contribution < -0.4 is 0 Å². The zero-order chi connectivity index (χ0) is 22.8. The predicted molar refractivity (Wildman–Crippen MR) is 142 cm³/mol. The molecule has 0 aliphatic heterocycles. The highest BCUT2D eigenvalue weighted by atomic mass is 16.3. The number of unbranched alkanes of at least 4 members (excludes halogenated alkanes) is 19. The summed E-state index contributed by atoms with van der Waals surface area (Å²) in [6, 6.07) is 0. The number of aliphatic hydroxyl groups is 1. The molecule has 0 aromatic carbocycles. The molecule has 0 rings (SSSR count). The van der Waals surface area contributed by atoms with E-state index in [1.165, 1.54) is 147 Å². The first-order chi connectivity index (χ1) is 15.3. The second kappa shape index (κ2) is 25.8. The molecule has 0 radical (unpaired) electrons. The van der Waals surface area contributed by atoms with Gasteiger partial charge in [-0.15, -0.1) is 0 Å². The van der Waals surface area contributed by atoms with Crippen molar-refractivity contribution in [1.29, 1.82) is 0 Å². The molecule has 0 heterocycles. The lowest BCUT2D eigenvalue weighted by Gasteiger charge is -2.11. The lowest BCUT2D eigenvalue weighted by Crippen LogP contribution is -1.95. The van der Waals surface area contributed by atoms with Gasteiger partial charge in [0.05, 0.1) is 5.76 Å². The minimum Gasteiger partial charge on any atom is -0.512 e. The van der Waals surface area contributed by atoms with Gasteiger partial charge in [0, 0.05) is 6.42 Å². The van der Waals surface area contributed by atoms with E-state index < -0.39 is 0 Å². The molecule has 0 spiro atoms. The SMILES string of the molecule is CCCCCCCCCCCCC(O)=C(CCCC)CCCCCCCCCCCC.